The van der Waals surface area contributed by atoms with Crippen LogP contribution in [0, 0.1) is 0 Å². The van der Waals surface area contributed by atoms with Gasteiger partial charge in [-0.2, -0.15) is 0 Å². The topological polar surface area (TPSA) is 29.9 Å². The summed E-state index contributed by atoms with van der Waals surface area (Å²) in [5, 5.41) is 3.67. The lowest BCUT2D eigenvalue weighted by Crippen LogP contribution is -2.25. The van der Waals surface area contributed by atoms with E-state index in [-0.39, 0.29) is 12.1 Å². The molecule has 0 spiro atoms. The summed E-state index contributed by atoms with van der Waals surface area (Å²) in [6, 6.07) is 17.2. The van der Waals surface area contributed by atoms with Gasteiger partial charge >= 0.3 is 0 Å². The number of halogens is 1. The van der Waals surface area contributed by atoms with Crippen LogP contribution in [0.25, 0.3) is 11.0 Å². The Labute approximate surface area is 145 Å². The zero-order valence-electron chi connectivity index (χ0n) is 13.8. The van der Waals surface area contributed by atoms with Crippen molar-refractivity contribution in [2.75, 3.05) is 0 Å². The van der Waals surface area contributed by atoms with Crippen molar-refractivity contribution in [2.24, 2.45) is 0 Å². The van der Waals surface area contributed by atoms with Crippen molar-refractivity contribution in [1.82, 2.24) is 14.9 Å². The van der Waals surface area contributed by atoms with Gasteiger partial charge in [0.15, 0.2) is 0 Å². The third kappa shape index (κ3) is 3.33. The molecule has 0 aliphatic heterocycles. The number of nitrogens with one attached hydrogen (secondary N) is 1. The van der Waals surface area contributed by atoms with Gasteiger partial charge in [-0.05, 0) is 50.6 Å². The lowest BCUT2D eigenvalue weighted by Gasteiger charge is -2.21. The Kier molecular flexibility index (Phi) is 4.83. The molecule has 2 atom stereocenters. The van der Waals surface area contributed by atoms with Crippen LogP contribution in [0.1, 0.15) is 44.2 Å². The number of para-hydroxylation sites is 2. The standard InChI is InChI=1S/C19H22BrN3/c1-4-23-18-8-6-5-7-17(18)22-19(23)14(3)21-13(2)15-9-11-16(20)12-10-15/h5-14,21H,4H2,1-3H3/t13-,14+/m0/s1. The number of imidazole rings is 1. The molecule has 0 fully saturated rings. The number of benzene rings is 2. The molecular formula is C19H22BrN3. The van der Waals surface area contributed by atoms with E-state index in [0.717, 1.165) is 22.4 Å². The largest absolute Gasteiger partial charge is 0.327 e. The smallest absolute Gasteiger partial charge is 0.126 e. The summed E-state index contributed by atoms with van der Waals surface area (Å²) in [4.78, 5) is 4.84. The van der Waals surface area contributed by atoms with Crippen LogP contribution in [0.4, 0.5) is 0 Å². The highest BCUT2D eigenvalue weighted by Crippen LogP contribution is 2.24. The molecule has 0 bridgehead atoms. The van der Waals surface area contributed by atoms with E-state index in [0.29, 0.717) is 0 Å². The highest BCUT2D eigenvalue weighted by Gasteiger charge is 2.17. The van der Waals surface area contributed by atoms with Gasteiger partial charge < -0.3 is 9.88 Å². The van der Waals surface area contributed by atoms with Crippen molar-refractivity contribution in [1.29, 1.82) is 0 Å². The van der Waals surface area contributed by atoms with Gasteiger partial charge in [0.2, 0.25) is 0 Å². The van der Waals surface area contributed by atoms with Crippen LogP contribution in [0.2, 0.25) is 0 Å². The zero-order valence-corrected chi connectivity index (χ0v) is 15.3. The predicted molar refractivity (Wildman–Crippen MR) is 99.5 cm³/mol. The van der Waals surface area contributed by atoms with Crippen LogP contribution in [0.5, 0.6) is 0 Å². The van der Waals surface area contributed by atoms with Gasteiger partial charge in [-0.25, -0.2) is 4.98 Å². The molecule has 1 heterocycles. The highest BCUT2D eigenvalue weighted by atomic mass is 79.9. The SMILES string of the molecule is CCn1c([C@@H](C)N[C@@H](C)c2ccc(Br)cc2)nc2ccccc21. The molecule has 0 radical (unpaired) electrons. The van der Waals surface area contributed by atoms with Gasteiger partial charge in [-0.1, -0.05) is 40.2 Å². The Morgan fingerprint density at radius 3 is 2.43 bits per heavy atom. The molecule has 0 aliphatic carbocycles. The van der Waals surface area contributed by atoms with E-state index in [9.17, 15) is 0 Å². The van der Waals surface area contributed by atoms with Crippen LogP contribution in [-0.4, -0.2) is 9.55 Å². The summed E-state index contributed by atoms with van der Waals surface area (Å²) >= 11 is 3.49. The van der Waals surface area contributed by atoms with E-state index in [1.807, 2.05) is 6.07 Å². The van der Waals surface area contributed by atoms with Crippen LogP contribution >= 0.6 is 15.9 Å². The van der Waals surface area contributed by atoms with Crippen LogP contribution in [0.3, 0.4) is 0 Å². The maximum Gasteiger partial charge on any atom is 0.126 e. The first-order valence-corrected chi connectivity index (χ1v) is 8.86. The third-order valence-electron chi connectivity index (χ3n) is 4.26. The van der Waals surface area contributed by atoms with E-state index in [1.165, 1.54) is 11.1 Å². The number of hydrogen-bond acceptors (Lipinski definition) is 2. The van der Waals surface area contributed by atoms with Gasteiger partial charge in [0, 0.05) is 17.1 Å². The summed E-state index contributed by atoms with van der Waals surface area (Å²) in [5.74, 6) is 1.10. The van der Waals surface area contributed by atoms with Crippen molar-refractivity contribution in [2.45, 2.75) is 39.4 Å². The van der Waals surface area contributed by atoms with E-state index in [2.05, 4.69) is 89.0 Å². The molecule has 1 N–H and O–H groups in total. The van der Waals surface area contributed by atoms with E-state index >= 15 is 0 Å². The fourth-order valence-electron chi connectivity index (χ4n) is 3.05. The fraction of sp³-hybridized carbons (Fsp3) is 0.316. The molecule has 0 aliphatic rings. The molecular weight excluding hydrogens is 350 g/mol. The Morgan fingerprint density at radius 2 is 1.74 bits per heavy atom. The minimum Gasteiger partial charge on any atom is -0.327 e. The molecule has 1 aromatic heterocycles. The third-order valence-corrected chi connectivity index (χ3v) is 4.79. The molecule has 2 aromatic carbocycles. The second kappa shape index (κ2) is 6.85. The predicted octanol–water partition coefficient (Wildman–Crippen LogP) is 5.23. The van der Waals surface area contributed by atoms with E-state index in [4.69, 9.17) is 4.98 Å². The van der Waals surface area contributed by atoms with Gasteiger partial charge in [-0.15, -0.1) is 0 Å². The summed E-state index contributed by atoms with van der Waals surface area (Å²) in [6.07, 6.45) is 0. The molecule has 3 nitrogen and oxygen atoms in total. The zero-order chi connectivity index (χ0) is 16.4. The molecule has 0 amide bonds. The molecule has 0 unspecified atom stereocenters. The first-order valence-electron chi connectivity index (χ1n) is 8.06. The van der Waals surface area contributed by atoms with Crippen molar-refractivity contribution in [3.63, 3.8) is 0 Å². The fourth-order valence-corrected chi connectivity index (χ4v) is 3.32. The molecule has 120 valence electrons. The van der Waals surface area contributed by atoms with Crippen molar-refractivity contribution in [3.05, 3.63) is 64.4 Å². The number of hydrogen-bond donors (Lipinski definition) is 1. The van der Waals surface area contributed by atoms with Gasteiger partial charge in [0.25, 0.3) is 0 Å². The minimum atomic E-state index is 0.181. The van der Waals surface area contributed by atoms with Crippen LogP contribution in [0.15, 0.2) is 53.0 Å². The Bertz CT molecular complexity index is 792. The summed E-state index contributed by atoms with van der Waals surface area (Å²) < 4.78 is 3.40. The molecule has 3 rings (SSSR count). The van der Waals surface area contributed by atoms with Gasteiger partial charge in [0.1, 0.15) is 5.82 Å². The maximum atomic E-state index is 4.84. The van der Waals surface area contributed by atoms with Gasteiger partial charge in [0.05, 0.1) is 17.1 Å². The van der Waals surface area contributed by atoms with E-state index < -0.39 is 0 Å². The van der Waals surface area contributed by atoms with E-state index in [1.54, 1.807) is 0 Å². The quantitative estimate of drug-likeness (QED) is 0.665. The summed E-state index contributed by atoms with van der Waals surface area (Å²) in [7, 11) is 0. The number of aromatic nitrogens is 2. The summed E-state index contributed by atoms with van der Waals surface area (Å²) in [6.45, 7) is 7.47. The molecule has 0 saturated carbocycles. The average molecular weight is 372 g/mol. The van der Waals surface area contributed by atoms with Crippen molar-refractivity contribution >= 4 is 27.0 Å². The molecule has 23 heavy (non-hydrogen) atoms. The number of fused-ring (bicyclic) bond motifs is 1. The Hall–Kier alpha value is -1.65. The van der Waals surface area contributed by atoms with Crippen LogP contribution in [-0.2, 0) is 6.54 Å². The van der Waals surface area contributed by atoms with Gasteiger partial charge in [-0.3, -0.25) is 0 Å². The normalized spacial score (nSPS) is 14.1. The number of rotatable bonds is 5. The second-order valence-corrected chi connectivity index (χ2v) is 6.78. The number of aryl methyl sites for hydroxylation is 1. The monoisotopic (exact) mass is 371 g/mol. The second-order valence-electron chi connectivity index (χ2n) is 5.86. The average Bonchev–Trinajstić information content (AvgIpc) is 2.94. The van der Waals surface area contributed by atoms with Crippen LogP contribution < -0.4 is 5.32 Å². The Balaban J connectivity index is 1.85. The lowest BCUT2D eigenvalue weighted by molar-refractivity contribution is 0.463. The molecule has 3 aromatic rings. The maximum absolute atomic E-state index is 4.84. The van der Waals surface area contributed by atoms with Crippen molar-refractivity contribution in [3.8, 4) is 0 Å². The first-order chi connectivity index (χ1) is 11.1. The van der Waals surface area contributed by atoms with Crippen molar-refractivity contribution < 1.29 is 0 Å². The molecule has 4 heteroatoms. The Morgan fingerprint density at radius 1 is 1.04 bits per heavy atom. The number of nitrogens with zero attached hydrogens (tertiary/aromatic N) is 2. The summed E-state index contributed by atoms with van der Waals surface area (Å²) in [5.41, 5.74) is 3.54. The molecule has 0 saturated heterocycles. The minimum absolute atomic E-state index is 0.181. The highest BCUT2D eigenvalue weighted by molar-refractivity contribution is 9.10. The first kappa shape index (κ1) is 16.2. The lowest BCUT2D eigenvalue weighted by atomic mass is 10.1.